The van der Waals surface area contributed by atoms with Crippen LogP contribution in [0.2, 0.25) is 20.1 Å². The maximum Gasteiger partial charge on any atom is 0.142 e. The van der Waals surface area contributed by atoms with E-state index in [1.807, 2.05) is 4.90 Å². The van der Waals surface area contributed by atoms with Crippen LogP contribution in [0.1, 0.15) is 11.7 Å². The number of halogens is 5. The summed E-state index contributed by atoms with van der Waals surface area (Å²) in [6.07, 6.45) is -1.16. The second-order valence-corrected chi connectivity index (χ2v) is 8.10. The molecule has 0 bridgehead atoms. The molecule has 0 amide bonds. The number of hydrogen-bond donors (Lipinski definition) is 1. The van der Waals surface area contributed by atoms with E-state index in [9.17, 15) is 9.50 Å². The standard InChI is InChI=1S/C19H18Cl4FNO3/c20-11-1-2-18(16(23)5-11)28-10-12(26)8-25-3-4-27-19(9-25)13-6-17(24)15(22)7-14(13)21/h1-2,5-7,12,19,26H,3-4,8-10H2. The Morgan fingerprint density at radius 3 is 2.68 bits per heavy atom. The Morgan fingerprint density at radius 2 is 1.93 bits per heavy atom. The molecule has 1 heterocycles. The smallest absolute Gasteiger partial charge is 0.142 e. The highest BCUT2D eigenvalue weighted by molar-refractivity contribution is 6.35. The van der Waals surface area contributed by atoms with Gasteiger partial charge in [0.2, 0.25) is 0 Å². The fourth-order valence-electron chi connectivity index (χ4n) is 2.97. The normalized spacial score (nSPS) is 18.9. The second kappa shape index (κ2) is 9.81. The predicted molar refractivity (Wildman–Crippen MR) is 110 cm³/mol. The molecule has 1 aliphatic rings. The molecule has 1 fully saturated rings. The average molecular weight is 469 g/mol. The highest BCUT2D eigenvalue weighted by atomic mass is 35.5. The summed E-state index contributed by atoms with van der Waals surface area (Å²) in [6.45, 7) is 1.95. The fourth-order valence-corrected chi connectivity index (χ4v) is 3.94. The van der Waals surface area contributed by atoms with Crippen molar-refractivity contribution >= 4 is 46.4 Å². The molecule has 152 valence electrons. The Balaban J connectivity index is 1.56. The number of nitrogens with zero attached hydrogens (tertiary/aromatic N) is 1. The number of ether oxygens (including phenoxy) is 2. The lowest BCUT2D eigenvalue weighted by Crippen LogP contribution is -2.43. The summed E-state index contributed by atoms with van der Waals surface area (Å²) in [7, 11) is 0. The van der Waals surface area contributed by atoms with Gasteiger partial charge in [-0.1, -0.05) is 46.4 Å². The fraction of sp³-hybridized carbons (Fsp3) is 0.368. The van der Waals surface area contributed by atoms with E-state index >= 15 is 0 Å². The third kappa shape index (κ3) is 5.63. The Morgan fingerprint density at radius 1 is 1.14 bits per heavy atom. The molecule has 3 rings (SSSR count). The summed E-state index contributed by atoms with van der Waals surface area (Å²) >= 11 is 23.9. The van der Waals surface area contributed by atoms with E-state index in [0.717, 1.165) is 0 Å². The number of hydrogen-bond acceptors (Lipinski definition) is 4. The molecule has 1 aliphatic heterocycles. The SMILES string of the molecule is OC(COc1ccc(Cl)cc1Cl)CN1CCOC(c2cc(F)c(Cl)cc2Cl)C1. The van der Waals surface area contributed by atoms with Crippen LogP contribution in [0.15, 0.2) is 30.3 Å². The van der Waals surface area contributed by atoms with Crippen molar-refractivity contribution < 1.29 is 19.0 Å². The molecule has 9 heteroatoms. The van der Waals surface area contributed by atoms with E-state index < -0.39 is 18.0 Å². The maximum atomic E-state index is 13.8. The van der Waals surface area contributed by atoms with Crippen molar-refractivity contribution in [3.63, 3.8) is 0 Å². The zero-order valence-electron chi connectivity index (χ0n) is 14.7. The van der Waals surface area contributed by atoms with Crippen LogP contribution in [0.3, 0.4) is 0 Å². The van der Waals surface area contributed by atoms with Crippen molar-refractivity contribution in [3.8, 4) is 5.75 Å². The monoisotopic (exact) mass is 467 g/mol. The van der Waals surface area contributed by atoms with Crippen LogP contribution < -0.4 is 4.74 Å². The Labute approximate surface area is 182 Å². The van der Waals surface area contributed by atoms with E-state index in [1.54, 1.807) is 18.2 Å². The molecule has 0 spiro atoms. The Hall–Kier alpha value is -0.790. The molecule has 2 aromatic rings. The first kappa shape index (κ1) is 21.9. The highest BCUT2D eigenvalue weighted by Crippen LogP contribution is 2.32. The minimum absolute atomic E-state index is 0.0325. The molecule has 1 N–H and O–H groups in total. The lowest BCUT2D eigenvalue weighted by atomic mass is 10.1. The number of rotatable bonds is 6. The number of β-amino-alcohol motifs (C(OH)–C–C–N with tert-alkyl or cyclic N) is 1. The number of morpholine rings is 1. The van der Waals surface area contributed by atoms with Crippen LogP contribution in [0.25, 0.3) is 0 Å². The summed E-state index contributed by atoms with van der Waals surface area (Å²) in [5.74, 6) is -0.0940. The molecular weight excluding hydrogens is 451 g/mol. The third-order valence-electron chi connectivity index (χ3n) is 4.33. The summed E-state index contributed by atoms with van der Waals surface area (Å²) in [4.78, 5) is 2.01. The zero-order valence-corrected chi connectivity index (χ0v) is 17.7. The summed E-state index contributed by atoms with van der Waals surface area (Å²) in [5, 5.41) is 11.5. The zero-order chi connectivity index (χ0) is 20.3. The van der Waals surface area contributed by atoms with Gasteiger partial charge in [0.05, 0.1) is 22.8 Å². The quantitative estimate of drug-likeness (QED) is 0.587. The van der Waals surface area contributed by atoms with Crippen molar-refractivity contribution in [1.29, 1.82) is 0 Å². The van der Waals surface area contributed by atoms with E-state index in [4.69, 9.17) is 55.9 Å². The molecule has 4 nitrogen and oxygen atoms in total. The van der Waals surface area contributed by atoms with Crippen LogP contribution in [0.5, 0.6) is 5.75 Å². The third-order valence-corrected chi connectivity index (χ3v) is 5.48. The Kier molecular flexibility index (Phi) is 7.67. The molecule has 0 aliphatic carbocycles. The van der Waals surface area contributed by atoms with Crippen molar-refractivity contribution in [1.82, 2.24) is 4.90 Å². The molecule has 0 radical (unpaired) electrons. The van der Waals surface area contributed by atoms with Crippen LogP contribution in [-0.4, -0.2) is 49.0 Å². The van der Waals surface area contributed by atoms with Gasteiger partial charge in [0.25, 0.3) is 0 Å². The van der Waals surface area contributed by atoms with E-state index in [-0.39, 0.29) is 11.6 Å². The van der Waals surface area contributed by atoms with Gasteiger partial charge < -0.3 is 14.6 Å². The first-order valence-corrected chi connectivity index (χ1v) is 10.1. The van der Waals surface area contributed by atoms with Gasteiger partial charge in [0.15, 0.2) is 0 Å². The minimum atomic E-state index is -0.747. The summed E-state index contributed by atoms with van der Waals surface area (Å²) < 4.78 is 25.1. The van der Waals surface area contributed by atoms with Gasteiger partial charge in [-0.15, -0.1) is 0 Å². The average Bonchev–Trinajstić information content (AvgIpc) is 2.64. The second-order valence-electron chi connectivity index (χ2n) is 6.45. The Bertz CT molecular complexity index is 839. The largest absolute Gasteiger partial charge is 0.489 e. The van der Waals surface area contributed by atoms with Gasteiger partial charge in [-0.3, -0.25) is 4.90 Å². The van der Waals surface area contributed by atoms with Gasteiger partial charge >= 0.3 is 0 Å². The lowest BCUT2D eigenvalue weighted by Gasteiger charge is -2.34. The van der Waals surface area contributed by atoms with Crippen LogP contribution in [0, 0.1) is 5.82 Å². The van der Waals surface area contributed by atoms with Crippen molar-refractivity contribution in [2.24, 2.45) is 0 Å². The molecule has 2 atom stereocenters. The van der Waals surface area contributed by atoms with Crippen LogP contribution in [0.4, 0.5) is 4.39 Å². The van der Waals surface area contributed by atoms with Gasteiger partial charge in [-0.05, 0) is 30.3 Å². The van der Waals surface area contributed by atoms with Gasteiger partial charge in [-0.2, -0.15) is 0 Å². The summed E-state index contributed by atoms with van der Waals surface area (Å²) in [5.41, 5.74) is 0.534. The van der Waals surface area contributed by atoms with Gasteiger partial charge in [0, 0.05) is 35.2 Å². The molecule has 0 saturated carbocycles. The van der Waals surface area contributed by atoms with Crippen molar-refractivity contribution in [3.05, 3.63) is 61.8 Å². The molecule has 28 heavy (non-hydrogen) atoms. The topological polar surface area (TPSA) is 41.9 Å². The maximum absolute atomic E-state index is 13.8. The first-order valence-electron chi connectivity index (χ1n) is 8.58. The van der Waals surface area contributed by atoms with Crippen molar-refractivity contribution in [2.75, 3.05) is 32.8 Å². The first-order chi connectivity index (χ1) is 13.3. The summed E-state index contributed by atoms with van der Waals surface area (Å²) in [6, 6.07) is 7.55. The van der Waals surface area contributed by atoms with E-state index in [2.05, 4.69) is 0 Å². The predicted octanol–water partition coefficient (Wildman–Crippen LogP) is 5.25. The molecular formula is C19H18Cl4FNO3. The van der Waals surface area contributed by atoms with E-state index in [1.165, 1.54) is 12.1 Å². The number of benzene rings is 2. The number of aliphatic hydroxyl groups excluding tert-OH is 1. The minimum Gasteiger partial charge on any atom is -0.489 e. The van der Waals surface area contributed by atoms with Gasteiger partial charge in [0.1, 0.15) is 24.3 Å². The highest BCUT2D eigenvalue weighted by Gasteiger charge is 2.26. The van der Waals surface area contributed by atoms with Gasteiger partial charge in [-0.25, -0.2) is 4.39 Å². The van der Waals surface area contributed by atoms with Crippen LogP contribution in [-0.2, 0) is 4.74 Å². The molecule has 0 aromatic heterocycles. The molecule has 2 aromatic carbocycles. The van der Waals surface area contributed by atoms with Crippen LogP contribution >= 0.6 is 46.4 Å². The van der Waals surface area contributed by atoms with E-state index in [0.29, 0.717) is 52.6 Å². The number of aliphatic hydroxyl groups is 1. The lowest BCUT2D eigenvalue weighted by molar-refractivity contribution is -0.0460. The van der Waals surface area contributed by atoms with Crippen molar-refractivity contribution in [2.45, 2.75) is 12.2 Å². The molecule has 1 saturated heterocycles. The molecule has 2 unspecified atom stereocenters.